The summed E-state index contributed by atoms with van der Waals surface area (Å²) in [4.78, 5) is 33.9. The van der Waals surface area contributed by atoms with Crippen LogP contribution in [0.4, 0.5) is 4.79 Å². The van der Waals surface area contributed by atoms with Crippen LogP contribution in [0, 0.1) is 0 Å². The van der Waals surface area contributed by atoms with Crippen molar-refractivity contribution < 1.29 is 23.5 Å². The minimum absolute atomic E-state index is 0.000392. The number of carbonyl (C=O) groups excluding carboxylic acids is 2. The van der Waals surface area contributed by atoms with Crippen molar-refractivity contribution in [1.29, 1.82) is 0 Å². The Balaban J connectivity index is 1.42. The van der Waals surface area contributed by atoms with Gasteiger partial charge in [-0.3, -0.25) is 14.7 Å². The van der Waals surface area contributed by atoms with E-state index in [9.17, 15) is 9.59 Å². The van der Waals surface area contributed by atoms with Gasteiger partial charge in [0.25, 0.3) is 14.2 Å². The van der Waals surface area contributed by atoms with Gasteiger partial charge in [-0.2, -0.15) is 0 Å². The van der Waals surface area contributed by atoms with E-state index in [0.717, 1.165) is 21.1 Å². The van der Waals surface area contributed by atoms with Crippen LogP contribution in [0.5, 0.6) is 0 Å². The molecule has 4 aromatic rings. The van der Waals surface area contributed by atoms with E-state index >= 15 is 0 Å². The lowest BCUT2D eigenvalue weighted by molar-refractivity contribution is -0.144. The molecule has 0 unspecified atom stereocenters. The second-order valence-corrected chi connectivity index (χ2v) is 19.9. The van der Waals surface area contributed by atoms with Crippen molar-refractivity contribution in [2.24, 2.45) is 0 Å². The standard InChI is InChI=1S/C39H48ClN3O5Si/c1-37(2,3)48-36(45)43-24-33(35(44)42-39(7,8)34-31-22-16-15-21-30(31)32(40)23-41-34)46-25-27(43)26-47-49(38(4,5)6,28-17-11-9-12-18-28)29-19-13-10-14-20-29/h9-23,27,33H,24-26H2,1-8H3,(H,42,44)/t27-,33-/m0/s1. The molecule has 2 atom stereocenters. The van der Waals surface area contributed by atoms with Gasteiger partial charge in [-0.25, -0.2) is 4.79 Å². The second kappa shape index (κ2) is 14.2. The van der Waals surface area contributed by atoms with Crippen molar-refractivity contribution in [3.63, 3.8) is 0 Å². The molecule has 49 heavy (non-hydrogen) atoms. The highest BCUT2D eigenvalue weighted by Gasteiger charge is 2.51. The molecule has 260 valence electrons. The Labute approximate surface area is 296 Å². The molecule has 8 nitrogen and oxygen atoms in total. The highest BCUT2D eigenvalue weighted by molar-refractivity contribution is 6.99. The summed E-state index contributed by atoms with van der Waals surface area (Å²) in [5.74, 6) is -0.356. The van der Waals surface area contributed by atoms with Crippen LogP contribution in [0.3, 0.4) is 0 Å². The number of halogens is 1. The number of nitrogens with zero attached hydrogens (tertiary/aromatic N) is 2. The number of ether oxygens (including phenoxy) is 2. The van der Waals surface area contributed by atoms with Crippen LogP contribution >= 0.6 is 11.6 Å². The Morgan fingerprint density at radius 1 is 0.878 bits per heavy atom. The van der Waals surface area contributed by atoms with Crippen LogP contribution in [-0.4, -0.2) is 67.7 Å². The van der Waals surface area contributed by atoms with Gasteiger partial charge in [0.05, 0.1) is 42.1 Å². The summed E-state index contributed by atoms with van der Waals surface area (Å²) < 4.78 is 19.3. The third-order valence-electron chi connectivity index (χ3n) is 8.90. The molecule has 3 aromatic carbocycles. The number of aromatic nitrogens is 1. The number of hydrogen-bond acceptors (Lipinski definition) is 6. The third kappa shape index (κ3) is 7.85. The molecule has 0 aliphatic carbocycles. The molecule has 0 bridgehead atoms. The van der Waals surface area contributed by atoms with Crippen molar-refractivity contribution >= 4 is 53.1 Å². The number of pyridine rings is 1. The molecule has 1 N–H and O–H groups in total. The van der Waals surface area contributed by atoms with Gasteiger partial charge in [-0.15, -0.1) is 0 Å². The quantitative estimate of drug-likeness (QED) is 0.203. The van der Waals surface area contributed by atoms with E-state index in [2.05, 4.69) is 55.3 Å². The molecule has 0 spiro atoms. The number of carbonyl (C=O) groups is 2. The maximum absolute atomic E-state index is 13.9. The first-order valence-electron chi connectivity index (χ1n) is 16.8. The van der Waals surface area contributed by atoms with E-state index in [-0.39, 0.29) is 30.7 Å². The molecule has 5 rings (SSSR count). The maximum Gasteiger partial charge on any atom is 0.410 e. The average Bonchev–Trinajstić information content (AvgIpc) is 3.04. The van der Waals surface area contributed by atoms with Gasteiger partial charge in [0.1, 0.15) is 5.60 Å². The zero-order valence-electron chi connectivity index (χ0n) is 29.7. The number of benzene rings is 3. The van der Waals surface area contributed by atoms with Crippen LogP contribution < -0.4 is 15.7 Å². The number of hydrogen-bond donors (Lipinski definition) is 1. The van der Waals surface area contributed by atoms with Gasteiger partial charge in [0.15, 0.2) is 6.10 Å². The number of nitrogens with one attached hydrogen (secondary N) is 1. The lowest BCUT2D eigenvalue weighted by Gasteiger charge is -2.46. The summed E-state index contributed by atoms with van der Waals surface area (Å²) in [5, 5.41) is 7.38. The largest absolute Gasteiger partial charge is 0.444 e. The van der Waals surface area contributed by atoms with E-state index < -0.39 is 37.7 Å². The summed E-state index contributed by atoms with van der Waals surface area (Å²) in [6, 6.07) is 27.9. The van der Waals surface area contributed by atoms with Crippen LogP contribution in [-0.2, 0) is 24.2 Å². The smallest absolute Gasteiger partial charge is 0.410 e. The van der Waals surface area contributed by atoms with Gasteiger partial charge < -0.3 is 19.2 Å². The summed E-state index contributed by atoms with van der Waals surface area (Å²) in [7, 11) is -2.91. The van der Waals surface area contributed by atoms with E-state index in [4.69, 9.17) is 25.5 Å². The Morgan fingerprint density at radius 2 is 1.43 bits per heavy atom. The fourth-order valence-corrected chi connectivity index (χ4v) is 11.4. The number of fused-ring (bicyclic) bond motifs is 1. The van der Waals surface area contributed by atoms with Gasteiger partial charge in [-0.1, -0.05) is 117 Å². The molecular formula is C39H48ClN3O5Si. The maximum atomic E-state index is 13.9. The molecule has 1 aromatic heterocycles. The molecule has 0 saturated carbocycles. The predicted molar refractivity (Wildman–Crippen MR) is 198 cm³/mol. The summed E-state index contributed by atoms with van der Waals surface area (Å²) in [5.41, 5.74) is -0.929. The normalized spacial score (nSPS) is 17.5. The molecule has 1 saturated heterocycles. The van der Waals surface area contributed by atoms with E-state index in [0.29, 0.717) is 10.7 Å². The van der Waals surface area contributed by atoms with Crippen molar-refractivity contribution in [2.45, 2.75) is 83.7 Å². The fraction of sp³-hybridized carbons (Fsp3) is 0.410. The van der Waals surface area contributed by atoms with Gasteiger partial charge >= 0.3 is 6.09 Å². The zero-order valence-corrected chi connectivity index (χ0v) is 31.5. The SMILES string of the molecule is CC(C)(C)OC(=O)N1C[C@@H](C(=O)NC(C)(C)c2ncc(Cl)c3ccccc23)OC[C@H]1CO[Si](c1ccccc1)(c1ccccc1)C(C)(C)C. The van der Waals surface area contributed by atoms with Crippen LogP contribution in [0.1, 0.15) is 61.1 Å². The Morgan fingerprint density at radius 3 is 1.98 bits per heavy atom. The van der Waals surface area contributed by atoms with Crippen molar-refractivity contribution in [3.8, 4) is 0 Å². The van der Waals surface area contributed by atoms with Crippen LogP contribution in [0.15, 0.2) is 91.1 Å². The first-order chi connectivity index (χ1) is 23.0. The third-order valence-corrected chi connectivity index (χ3v) is 14.2. The summed E-state index contributed by atoms with van der Waals surface area (Å²) >= 11 is 6.43. The average molecular weight is 702 g/mol. The Bertz CT molecular complexity index is 1730. The summed E-state index contributed by atoms with van der Waals surface area (Å²) in [6.07, 6.45) is 0.147. The lowest BCUT2D eigenvalue weighted by Crippen LogP contribution is -2.68. The number of morpholine rings is 1. The lowest BCUT2D eigenvalue weighted by atomic mass is 9.94. The number of amides is 2. The molecular weight excluding hydrogens is 654 g/mol. The van der Waals surface area contributed by atoms with Crippen LogP contribution in [0.2, 0.25) is 10.1 Å². The molecule has 2 heterocycles. The Kier molecular flexibility index (Phi) is 10.6. The summed E-state index contributed by atoms with van der Waals surface area (Å²) in [6.45, 7) is 16.2. The van der Waals surface area contributed by atoms with Gasteiger partial charge in [-0.05, 0) is 50.0 Å². The van der Waals surface area contributed by atoms with E-state index in [1.165, 1.54) is 0 Å². The second-order valence-electron chi connectivity index (χ2n) is 15.2. The molecule has 1 aliphatic heterocycles. The van der Waals surface area contributed by atoms with E-state index in [1.54, 1.807) is 11.1 Å². The van der Waals surface area contributed by atoms with Gasteiger partial charge in [0.2, 0.25) is 0 Å². The van der Waals surface area contributed by atoms with E-state index in [1.807, 2.05) is 95.3 Å². The molecule has 2 amide bonds. The monoisotopic (exact) mass is 701 g/mol. The minimum Gasteiger partial charge on any atom is -0.444 e. The first-order valence-corrected chi connectivity index (χ1v) is 19.0. The molecule has 10 heteroatoms. The van der Waals surface area contributed by atoms with Crippen LogP contribution in [0.25, 0.3) is 10.8 Å². The Hall–Kier alpha value is -3.76. The highest BCUT2D eigenvalue weighted by Crippen LogP contribution is 2.37. The first kappa shape index (κ1) is 36.5. The molecule has 1 fully saturated rings. The van der Waals surface area contributed by atoms with Crippen molar-refractivity contribution in [3.05, 3.63) is 102 Å². The predicted octanol–water partition coefficient (Wildman–Crippen LogP) is 6.82. The minimum atomic E-state index is -2.91. The zero-order chi connectivity index (χ0) is 35.6. The van der Waals surface area contributed by atoms with Gasteiger partial charge in [0, 0.05) is 17.0 Å². The fourth-order valence-electron chi connectivity index (χ4n) is 6.63. The molecule has 0 radical (unpaired) electrons. The highest BCUT2D eigenvalue weighted by atomic mass is 35.5. The number of rotatable bonds is 8. The molecule has 1 aliphatic rings. The topological polar surface area (TPSA) is 90.0 Å². The van der Waals surface area contributed by atoms with Crippen molar-refractivity contribution in [2.75, 3.05) is 19.8 Å². The van der Waals surface area contributed by atoms with Crippen molar-refractivity contribution in [1.82, 2.24) is 15.2 Å².